The van der Waals surface area contributed by atoms with E-state index in [1.165, 1.54) is 11.8 Å². The van der Waals surface area contributed by atoms with Gasteiger partial charge in [0.1, 0.15) is 0 Å². The van der Waals surface area contributed by atoms with Crippen molar-refractivity contribution in [1.82, 2.24) is 4.90 Å². The predicted octanol–water partition coefficient (Wildman–Crippen LogP) is 4.59. The van der Waals surface area contributed by atoms with Crippen molar-refractivity contribution in [2.45, 2.75) is 20.3 Å². The summed E-state index contributed by atoms with van der Waals surface area (Å²) in [5.74, 6) is 0.389. The third kappa shape index (κ3) is 4.17. The third-order valence-corrected chi connectivity index (χ3v) is 5.23. The maximum absolute atomic E-state index is 12.6. The third-order valence-electron chi connectivity index (χ3n) is 4.17. The molecule has 0 unspecified atom stereocenters. The number of hydrogen-bond donors (Lipinski definition) is 1. The average Bonchev–Trinajstić information content (AvgIpc) is 2.93. The van der Waals surface area contributed by atoms with Crippen molar-refractivity contribution in [2.24, 2.45) is 4.99 Å². The standard InChI is InChI=1S/C21H22N2O3S/c1-4-15-8-6-7-9-16(15)22-21-23(3)20(25)19(27-21)13-14-10-11-17(24)18(12-14)26-5-2/h6-13,24H,4-5H2,1-3H3/b19-13+,22-21?. The van der Waals surface area contributed by atoms with Crippen molar-refractivity contribution in [3.8, 4) is 11.5 Å². The fourth-order valence-electron chi connectivity index (χ4n) is 2.72. The van der Waals surface area contributed by atoms with Gasteiger partial charge in [0, 0.05) is 7.05 Å². The lowest BCUT2D eigenvalue weighted by Crippen LogP contribution is -2.23. The summed E-state index contributed by atoms with van der Waals surface area (Å²) >= 11 is 1.34. The second-order valence-electron chi connectivity index (χ2n) is 6.01. The van der Waals surface area contributed by atoms with Gasteiger partial charge in [-0.1, -0.05) is 31.2 Å². The van der Waals surface area contributed by atoms with Crippen LogP contribution in [0.4, 0.5) is 5.69 Å². The molecule has 1 aliphatic rings. The molecular weight excluding hydrogens is 360 g/mol. The normalized spacial score (nSPS) is 17.1. The minimum atomic E-state index is -0.0984. The number of para-hydroxylation sites is 1. The van der Waals surface area contributed by atoms with Gasteiger partial charge >= 0.3 is 0 Å². The number of carbonyl (C=O) groups excluding carboxylic acids is 1. The van der Waals surface area contributed by atoms with Gasteiger partial charge in [-0.05, 0) is 60.5 Å². The Bertz CT molecular complexity index is 921. The SMILES string of the molecule is CCOc1cc(/C=C2/SC(=Nc3ccccc3CC)N(C)C2=O)ccc1O. The van der Waals surface area contributed by atoms with E-state index in [9.17, 15) is 9.90 Å². The highest BCUT2D eigenvalue weighted by Gasteiger charge is 2.30. The Morgan fingerprint density at radius 2 is 2.00 bits per heavy atom. The van der Waals surface area contributed by atoms with Crippen molar-refractivity contribution in [2.75, 3.05) is 13.7 Å². The molecule has 27 heavy (non-hydrogen) atoms. The van der Waals surface area contributed by atoms with Crippen LogP contribution in [0.25, 0.3) is 6.08 Å². The molecule has 1 aliphatic heterocycles. The van der Waals surface area contributed by atoms with Gasteiger partial charge in [0.2, 0.25) is 0 Å². The van der Waals surface area contributed by atoms with Gasteiger partial charge in [-0.15, -0.1) is 0 Å². The number of phenols is 1. The van der Waals surface area contributed by atoms with Crippen LogP contribution in [0.5, 0.6) is 11.5 Å². The number of aromatic hydroxyl groups is 1. The predicted molar refractivity (Wildman–Crippen MR) is 111 cm³/mol. The monoisotopic (exact) mass is 382 g/mol. The van der Waals surface area contributed by atoms with E-state index in [0.717, 1.165) is 23.2 Å². The van der Waals surface area contributed by atoms with Gasteiger partial charge in [0.25, 0.3) is 5.91 Å². The summed E-state index contributed by atoms with van der Waals surface area (Å²) in [6, 6.07) is 13.0. The van der Waals surface area contributed by atoms with Crippen LogP contribution in [-0.4, -0.2) is 34.7 Å². The summed E-state index contributed by atoms with van der Waals surface area (Å²) in [7, 11) is 1.73. The highest BCUT2D eigenvalue weighted by molar-refractivity contribution is 8.18. The van der Waals surface area contributed by atoms with Gasteiger partial charge < -0.3 is 9.84 Å². The molecule has 0 radical (unpaired) electrons. The maximum atomic E-state index is 12.6. The maximum Gasteiger partial charge on any atom is 0.266 e. The lowest BCUT2D eigenvalue weighted by molar-refractivity contribution is -0.121. The van der Waals surface area contributed by atoms with E-state index in [0.29, 0.717) is 22.4 Å². The van der Waals surface area contributed by atoms with Crippen LogP contribution in [0, 0.1) is 0 Å². The Hall–Kier alpha value is -2.73. The van der Waals surface area contributed by atoms with Gasteiger partial charge in [0.15, 0.2) is 16.7 Å². The molecule has 1 fully saturated rings. The van der Waals surface area contributed by atoms with E-state index in [1.54, 1.807) is 36.2 Å². The Kier molecular flexibility index (Phi) is 5.86. The minimum Gasteiger partial charge on any atom is -0.504 e. The quantitative estimate of drug-likeness (QED) is 0.769. The van der Waals surface area contributed by atoms with Crippen molar-refractivity contribution in [3.63, 3.8) is 0 Å². The first-order valence-electron chi connectivity index (χ1n) is 8.83. The van der Waals surface area contributed by atoms with E-state index in [2.05, 4.69) is 6.92 Å². The second-order valence-corrected chi connectivity index (χ2v) is 7.02. The summed E-state index contributed by atoms with van der Waals surface area (Å²) in [6.45, 7) is 4.40. The van der Waals surface area contributed by atoms with Gasteiger partial charge in [-0.2, -0.15) is 0 Å². The molecular formula is C21H22N2O3S. The van der Waals surface area contributed by atoms with Crippen LogP contribution in [-0.2, 0) is 11.2 Å². The summed E-state index contributed by atoms with van der Waals surface area (Å²) < 4.78 is 5.41. The lowest BCUT2D eigenvalue weighted by Gasteiger charge is -2.09. The molecule has 3 rings (SSSR count). The zero-order valence-corrected chi connectivity index (χ0v) is 16.4. The van der Waals surface area contributed by atoms with Crippen molar-refractivity contribution >= 4 is 34.6 Å². The molecule has 0 spiro atoms. The van der Waals surface area contributed by atoms with Crippen LogP contribution in [0.3, 0.4) is 0 Å². The Morgan fingerprint density at radius 3 is 2.74 bits per heavy atom. The fourth-order valence-corrected chi connectivity index (χ4v) is 3.70. The number of amides is 1. The smallest absolute Gasteiger partial charge is 0.266 e. The molecule has 0 aromatic heterocycles. The Labute approximate surface area is 163 Å². The van der Waals surface area contributed by atoms with E-state index in [4.69, 9.17) is 9.73 Å². The number of ether oxygens (including phenoxy) is 1. The molecule has 0 atom stereocenters. The van der Waals surface area contributed by atoms with Crippen molar-refractivity contribution < 1.29 is 14.6 Å². The van der Waals surface area contributed by atoms with Crippen molar-refractivity contribution in [1.29, 1.82) is 0 Å². The number of thioether (sulfide) groups is 1. The summed E-state index contributed by atoms with van der Waals surface area (Å²) in [5.41, 5.74) is 2.81. The molecule has 1 N–H and O–H groups in total. The molecule has 1 heterocycles. The lowest BCUT2D eigenvalue weighted by atomic mass is 10.1. The first kappa shape index (κ1) is 19.0. The number of hydrogen-bond acceptors (Lipinski definition) is 5. The number of aliphatic imine (C=N–C) groups is 1. The molecule has 0 saturated carbocycles. The zero-order valence-electron chi connectivity index (χ0n) is 15.6. The average molecular weight is 382 g/mol. The van der Waals surface area contributed by atoms with Crippen molar-refractivity contribution in [3.05, 3.63) is 58.5 Å². The molecule has 140 valence electrons. The van der Waals surface area contributed by atoms with Gasteiger partial charge in [-0.3, -0.25) is 9.69 Å². The van der Waals surface area contributed by atoms with Gasteiger partial charge in [0.05, 0.1) is 17.2 Å². The summed E-state index contributed by atoms with van der Waals surface area (Å²) in [4.78, 5) is 19.5. The molecule has 2 aromatic carbocycles. The van der Waals surface area contributed by atoms with Crippen LogP contribution >= 0.6 is 11.8 Å². The number of nitrogens with zero attached hydrogens (tertiary/aromatic N) is 2. The van der Waals surface area contributed by atoms with Crippen LogP contribution in [0.15, 0.2) is 52.4 Å². The second kappa shape index (κ2) is 8.31. The number of aryl methyl sites for hydroxylation is 1. The van der Waals surface area contributed by atoms with Crippen LogP contribution in [0.1, 0.15) is 25.0 Å². The number of amidine groups is 1. The number of carbonyl (C=O) groups is 1. The fraction of sp³-hybridized carbons (Fsp3) is 0.238. The first-order valence-corrected chi connectivity index (χ1v) is 9.65. The molecule has 0 bridgehead atoms. The Balaban J connectivity index is 1.91. The van der Waals surface area contributed by atoms with E-state index in [1.807, 2.05) is 31.2 Å². The highest BCUT2D eigenvalue weighted by atomic mass is 32.2. The van der Waals surface area contributed by atoms with Gasteiger partial charge in [-0.25, -0.2) is 4.99 Å². The molecule has 2 aromatic rings. The minimum absolute atomic E-state index is 0.0833. The molecule has 1 saturated heterocycles. The van der Waals surface area contributed by atoms with E-state index in [-0.39, 0.29) is 11.7 Å². The first-order chi connectivity index (χ1) is 13.0. The van der Waals surface area contributed by atoms with Crippen LogP contribution in [0.2, 0.25) is 0 Å². The largest absolute Gasteiger partial charge is 0.504 e. The molecule has 1 amide bonds. The number of rotatable bonds is 5. The summed E-state index contributed by atoms with van der Waals surface area (Å²) in [5, 5.41) is 10.5. The molecule has 6 heteroatoms. The van der Waals surface area contributed by atoms with Crippen LogP contribution < -0.4 is 4.74 Å². The molecule has 0 aliphatic carbocycles. The number of likely N-dealkylation sites (N-methyl/N-ethyl adjacent to an activating group) is 1. The molecule has 5 nitrogen and oxygen atoms in total. The highest BCUT2D eigenvalue weighted by Crippen LogP contribution is 2.35. The van der Waals surface area contributed by atoms with E-state index >= 15 is 0 Å². The Morgan fingerprint density at radius 1 is 1.22 bits per heavy atom. The topological polar surface area (TPSA) is 62.1 Å². The number of phenolic OH excluding ortho intramolecular Hbond substituents is 1. The van der Waals surface area contributed by atoms with E-state index < -0.39 is 0 Å². The zero-order chi connectivity index (χ0) is 19.4. The number of benzene rings is 2. The summed E-state index contributed by atoms with van der Waals surface area (Å²) in [6.07, 6.45) is 2.67.